The number of nitrogens with zero attached hydrogens (tertiary/aromatic N) is 2. The predicted octanol–water partition coefficient (Wildman–Crippen LogP) is 1.18. The lowest BCUT2D eigenvalue weighted by molar-refractivity contribution is 0.266. The first-order chi connectivity index (χ1) is 8.40. The van der Waals surface area contributed by atoms with Crippen molar-refractivity contribution in [3.8, 4) is 0 Å². The molecule has 0 aromatic carbocycles. The normalized spacial score (nSPS) is 23.9. The van der Waals surface area contributed by atoms with E-state index in [9.17, 15) is 0 Å². The van der Waals surface area contributed by atoms with Crippen LogP contribution in [-0.2, 0) is 19.4 Å². The third kappa shape index (κ3) is 2.00. The highest BCUT2D eigenvalue weighted by atomic mass is 16.3. The van der Waals surface area contributed by atoms with Gasteiger partial charge in [-0.3, -0.25) is 4.68 Å². The fourth-order valence-electron chi connectivity index (χ4n) is 3.18. The molecule has 2 N–H and O–H groups in total. The van der Waals surface area contributed by atoms with Crippen molar-refractivity contribution in [1.29, 1.82) is 0 Å². The molecule has 94 valence electrons. The summed E-state index contributed by atoms with van der Waals surface area (Å²) >= 11 is 0. The van der Waals surface area contributed by atoms with Crippen molar-refractivity contribution in [3.05, 3.63) is 17.0 Å². The standard InChI is InChI=1S/C13H21N3O/c17-9-8-16-12-6-3-4-10(12)13(15-16)11-5-1-2-7-14-11/h11,14,17H,1-9H2/t11-/m0/s1. The number of hydrogen-bond acceptors (Lipinski definition) is 3. The van der Waals surface area contributed by atoms with Crippen molar-refractivity contribution < 1.29 is 5.11 Å². The van der Waals surface area contributed by atoms with E-state index in [1.54, 1.807) is 0 Å². The Bertz CT molecular complexity index is 394. The van der Waals surface area contributed by atoms with Crippen molar-refractivity contribution in [3.63, 3.8) is 0 Å². The van der Waals surface area contributed by atoms with Crippen molar-refractivity contribution in [2.75, 3.05) is 13.2 Å². The largest absolute Gasteiger partial charge is 0.394 e. The molecule has 1 aromatic heterocycles. The summed E-state index contributed by atoms with van der Waals surface area (Å²) < 4.78 is 2.04. The van der Waals surface area contributed by atoms with Gasteiger partial charge in [0.05, 0.1) is 24.9 Å². The maximum absolute atomic E-state index is 9.09. The van der Waals surface area contributed by atoms with Crippen LogP contribution in [0.5, 0.6) is 0 Å². The average Bonchev–Trinajstić information content (AvgIpc) is 2.94. The highest BCUT2D eigenvalue weighted by Crippen LogP contribution is 2.32. The molecule has 1 atom stereocenters. The molecule has 0 amide bonds. The van der Waals surface area contributed by atoms with E-state index in [2.05, 4.69) is 5.32 Å². The molecule has 1 aliphatic carbocycles. The van der Waals surface area contributed by atoms with Crippen LogP contribution in [0.25, 0.3) is 0 Å². The molecule has 1 aromatic rings. The van der Waals surface area contributed by atoms with Gasteiger partial charge in [0.25, 0.3) is 0 Å². The summed E-state index contributed by atoms with van der Waals surface area (Å²) in [5.74, 6) is 0. The van der Waals surface area contributed by atoms with Crippen LogP contribution in [0.4, 0.5) is 0 Å². The Morgan fingerprint density at radius 3 is 3.00 bits per heavy atom. The molecule has 2 aliphatic rings. The lowest BCUT2D eigenvalue weighted by Crippen LogP contribution is -2.28. The maximum atomic E-state index is 9.09. The lowest BCUT2D eigenvalue weighted by Gasteiger charge is -2.22. The molecule has 4 heteroatoms. The Hall–Kier alpha value is -0.870. The highest BCUT2D eigenvalue weighted by molar-refractivity contribution is 5.33. The monoisotopic (exact) mass is 235 g/mol. The van der Waals surface area contributed by atoms with E-state index in [1.165, 1.54) is 49.1 Å². The zero-order valence-electron chi connectivity index (χ0n) is 10.3. The van der Waals surface area contributed by atoms with Crippen LogP contribution in [0, 0.1) is 0 Å². The third-order valence-corrected chi connectivity index (χ3v) is 3.99. The van der Waals surface area contributed by atoms with E-state index < -0.39 is 0 Å². The first kappa shape index (κ1) is 11.2. The van der Waals surface area contributed by atoms with Crippen LogP contribution in [0.1, 0.15) is 48.7 Å². The van der Waals surface area contributed by atoms with Gasteiger partial charge in [0.15, 0.2) is 0 Å². The van der Waals surface area contributed by atoms with Crippen LogP contribution < -0.4 is 5.32 Å². The predicted molar refractivity (Wildman–Crippen MR) is 65.9 cm³/mol. The molecule has 0 unspecified atom stereocenters. The van der Waals surface area contributed by atoms with Crippen molar-refractivity contribution in [2.24, 2.45) is 0 Å². The summed E-state index contributed by atoms with van der Waals surface area (Å²) in [5, 5.41) is 17.4. The number of aliphatic hydroxyl groups is 1. The van der Waals surface area contributed by atoms with Gasteiger partial charge in [0.2, 0.25) is 0 Å². The second kappa shape index (κ2) is 4.78. The molecule has 0 spiro atoms. The summed E-state index contributed by atoms with van der Waals surface area (Å²) in [5.41, 5.74) is 4.12. The molecule has 1 fully saturated rings. The quantitative estimate of drug-likeness (QED) is 0.827. The lowest BCUT2D eigenvalue weighted by atomic mass is 9.99. The molecule has 0 saturated carbocycles. The van der Waals surface area contributed by atoms with E-state index in [0.717, 1.165) is 13.0 Å². The van der Waals surface area contributed by atoms with Gasteiger partial charge in [-0.25, -0.2) is 0 Å². The Morgan fingerprint density at radius 1 is 1.29 bits per heavy atom. The molecule has 4 nitrogen and oxygen atoms in total. The zero-order valence-corrected chi connectivity index (χ0v) is 10.3. The first-order valence-electron chi connectivity index (χ1n) is 6.83. The zero-order chi connectivity index (χ0) is 11.7. The molecular weight excluding hydrogens is 214 g/mol. The molecule has 2 heterocycles. The van der Waals surface area contributed by atoms with Gasteiger partial charge in [-0.15, -0.1) is 0 Å². The minimum absolute atomic E-state index is 0.186. The minimum atomic E-state index is 0.186. The molecule has 3 rings (SSSR count). The van der Waals surface area contributed by atoms with Crippen LogP contribution in [-0.4, -0.2) is 28.0 Å². The van der Waals surface area contributed by atoms with Gasteiger partial charge in [0.1, 0.15) is 0 Å². The second-order valence-electron chi connectivity index (χ2n) is 5.11. The topological polar surface area (TPSA) is 50.1 Å². The number of piperidine rings is 1. The summed E-state index contributed by atoms with van der Waals surface area (Å²) in [6, 6.07) is 0.454. The van der Waals surface area contributed by atoms with E-state index in [4.69, 9.17) is 10.2 Å². The second-order valence-corrected chi connectivity index (χ2v) is 5.11. The summed E-state index contributed by atoms with van der Waals surface area (Å²) in [6.07, 6.45) is 7.36. The van der Waals surface area contributed by atoms with Crippen molar-refractivity contribution >= 4 is 0 Å². The maximum Gasteiger partial charge on any atom is 0.0828 e. The number of aliphatic hydroxyl groups excluding tert-OH is 1. The highest BCUT2D eigenvalue weighted by Gasteiger charge is 2.27. The van der Waals surface area contributed by atoms with Gasteiger partial charge in [-0.1, -0.05) is 6.42 Å². The number of hydrogen-bond donors (Lipinski definition) is 2. The third-order valence-electron chi connectivity index (χ3n) is 3.99. The van der Waals surface area contributed by atoms with Crippen molar-refractivity contribution in [1.82, 2.24) is 15.1 Å². The summed E-state index contributed by atoms with van der Waals surface area (Å²) in [6.45, 7) is 1.95. The van der Waals surface area contributed by atoms with Crippen LogP contribution >= 0.6 is 0 Å². The van der Waals surface area contributed by atoms with Crippen LogP contribution in [0.15, 0.2) is 0 Å². The number of aromatic nitrogens is 2. The fourth-order valence-corrected chi connectivity index (χ4v) is 3.18. The van der Waals surface area contributed by atoms with Crippen LogP contribution in [0.3, 0.4) is 0 Å². The average molecular weight is 235 g/mol. The number of rotatable bonds is 3. The minimum Gasteiger partial charge on any atom is -0.394 e. The smallest absolute Gasteiger partial charge is 0.0828 e. The summed E-state index contributed by atoms with van der Waals surface area (Å²) in [4.78, 5) is 0. The Kier molecular flexibility index (Phi) is 3.16. The molecule has 0 radical (unpaired) electrons. The van der Waals surface area contributed by atoms with Crippen molar-refractivity contribution in [2.45, 2.75) is 51.1 Å². The SMILES string of the molecule is OCCn1nc([C@@H]2CCCCN2)c2c1CCC2. The molecular formula is C13H21N3O. The van der Waals surface area contributed by atoms with Gasteiger partial charge >= 0.3 is 0 Å². The Balaban J connectivity index is 1.90. The number of nitrogens with one attached hydrogen (secondary N) is 1. The van der Waals surface area contributed by atoms with E-state index in [-0.39, 0.29) is 6.61 Å². The van der Waals surface area contributed by atoms with E-state index in [0.29, 0.717) is 12.6 Å². The van der Waals surface area contributed by atoms with E-state index in [1.807, 2.05) is 4.68 Å². The molecule has 1 aliphatic heterocycles. The van der Waals surface area contributed by atoms with Gasteiger partial charge in [0, 0.05) is 5.69 Å². The Morgan fingerprint density at radius 2 is 2.24 bits per heavy atom. The molecule has 0 bridgehead atoms. The van der Waals surface area contributed by atoms with Gasteiger partial charge in [-0.05, 0) is 44.2 Å². The fraction of sp³-hybridized carbons (Fsp3) is 0.769. The first-order valence-corrected chi connectivity index (χ1v) is 6.83. The van der Waals surface area contributed by atoms with E-state index >= 15 is 0 Å². The molecule has 17 heavy (non-hydrogen) atoms. The van der Waals surface area contributed by atoms with Crippen LogP contribution in [0.2, 0.25) is 0 Å². The van der Waals surface area contributed by atoms with Gasteiger partial charge in [-0.2, -0.15) is 5.10 Å². The number of fused-ring (bicyclic) bond motifs is 1. The molecule has 1 saturated heterocycles. The Labute approximate surface area is 102 Å². The summed E-state index contributed by atoms with van der Waals surface area (Å²) in [7, 11) is 0. The van der Waals surface area contributed by atoms with Gasteiger partial charge < -0.3 is 10.4 Å².